The summed E-state index contributed by atoms with van der Waals surface area (Å²) in [5.41, 5.74) is 4.54. The molecular formula is C12H14FN3O4. The molecule has 108 valence electrons. The Morgan fingerprint density at radius 2 is 2.05 bits per heavy atom. The maximum atomic E-state index is 13.2. The molecule has 0 spiro atoms. The Balaban J connectivity index is 2.69. The van der Waals surface area contributed by atoms with E-state index in [0.717, 1.165) is 12.1 Å². The van der Waals surface area contributed by atoms with Gasteiger partial charge >= 0.3 is 12.0 Å². The first-order chi connectivity index (χ1) is 9.29. The molecule has 0 aliphatic heterocycles. The van der Waals surface area contributed by atoms with E-state index in [0.29, 0.717) is 0 Å². The van der Waals surface area contributed by atoms with Gasteiger partial charge in [0.05, 0.1) is 5.56 Å². The van der Waals surface area contributed by atoms with Crippen LogP contribution >= 0.6 is 0 Å². The minimum atomic E-state index is -1.44. The molecule has 0 heterocycles. The van der Waals surface area contributed by atoms with Gasteiger partial charge in [-0.25, -0.2) is 14.0 Å². The standard InChI is InChI=1S/C12H14FN3O4/c1-6(4-10(14)17)15-12(20)16-7-2-3-9(13)8(5-7)11(18)19/h2-3,5-6H,4H2,1H3,(H2,14,17)(H,18,19)(H2,15,16,20). The van der Waals surface area contributed by atoms with Gasteiger partial charge in [0.15, 0.2) is 0 Å². The zero-order valence-electron chi connectivity index (χ0n) is 10.6. The maximum absolute atomic E-state index is 13.2. The third-order valence-electron chi connectivity index (χ3n) is 2.34. The van der Waals surface area contributed by atoms with Gasteiger partial charge in [-0.2, -0.15) is 0 Å². The van der Waals surface area contributed by atoms with E-state index in [4.69, 9.17) is 10.8 Å². The van der Waals surface area contributed by atoms with E-state index in [1.807, 2.05) is 0 Å². The summed E-state index contributed by atoms with van der Waals surface area (Å²) in [4.78, 5) is 32.9. The van der Waals surface area contributed by atoms with Crippen molar-refractivity contribution < 1.29 is 23.9 Å². The van der Waals surface area contributed by atoms with Crippen molar-refractivity contribution >= 4 is 23.6 Å². The van der Waals surface area contributed by atoms with Gasteiger partial charge in [0.25, 0.3) is 0 Å². The Bertz CT molecular complexity index is 548. The maximum Gasteiger partial charge on any atom is 0.338 e. The third-order valence-corrected chi connectivity index (χ3v) is 2.34. The van der Waals surface area contributed by atoms with E-state index in [1.165, 1.54) is 6.07 Å². The number of halogens is 1. The number of carboxylic acids is 1. The predicted molar refractivity (Wildman–Crippen MR) is 68.8 cm³/mol. The van der Waals surface area contributed by atoms with E-state index in [9.17, 15) is 18.8 Å². The summed E-state index contributed by atoms with van der Waals surface area (Å²) >= 11 is 0. The van der Waals surface area contributed by atoms with Crippen LogP contribution in [-0.2, 0) is 4.79 Å². The topological polar surface area (TPSA) is 122 Å². The lowest BCUT2D eigenvalue weighted by Gasteiger charge is -2.13. The van der Waals surface area contributed by atoms with Gasteiger partial charge < -0.3 is 21.5 Å². The van der Waals surface area contributed by atoms with Crippen LogP contribution in [0.2, 0.25) is 0 Å². The average molecular weight is 283 g/mol. The number of carbonyl (C=O) groups excluding carboxylic acids is 2. The molecule has 20 heavy (non-hydrogen) atoms. The number of primary amides is 1. The van der Waals surface area contributed by atoms with E-state index in [-0.39, 0.29) is 12.1 Å². The van der Waals surface area contributed by atoms with Crippen molar-refractivity contribution in [2.75, 3.05) is 5.32 Å². The van der Waals surface area contributed by atoms with Crippen LogP contribution in [0.25, 0.3) is 0 Å². The lowest BCUT2D eigenvalue weighted by Crippen LogP contribution is -2.38. The molecule has 0 aromatic heterocycles. The Hall–Kier alpha value is -2.64. The van der Waals surface area contributed by atoms with Crippen molar-refractivity contribution in [3.8, 4) is 0 Å². The van der Waals surface area contributed by atoms with Crippen LogP contribution in [0.3, 0.4) is 0 Å². The van der Waals surface area contributed by atoms with Gasteiger partial charge in [0.1, 0.15) is 5.82 Å². The normalized spacial score (nSPS) is 11.5. The van der Waals surface area contributed by atoms with Crippen molar-refractivity contribution in [1.82, 2.24) is 5.32 Å². The van der Waals surface area contributed by atoms with Crippen LogP contribution in [0.1, 0.15) is 23.7 Å². The van der Waals surface area contributed by atoms with Crippen LogP contribution in [0, 0.1) is 5.82 Å². The molecule has 0 aliphatic carbocycles. The minimum absolute atomic E-state index is 0.0305. The van der Waals surface area contributed by atoms with E-state index >= 15 is 0 Å². The largest absolute Gasteiger partial charge is 0.478 e. The second-order valence-corrected chi connectivity index (χ2v) is 4.17. The SMILES string of the molecule is CC(CC(N)=O)NC(=O)Nc1ccc(F)c(C(=O)O)c1. The molecule has 0 saturated heterocycles. The van der Waals surface area contributed by atoms with E-state index in [2.05, 4.69) is 10.6 Å². The predicted octanol–water partition coefficient (Wildman–Crippen LogP) is 0.909. The number of aromatic carboxylic acids is 1. The highest BCUT2D eigenvalue weighted by molar-refractivity contribution is 5.93. The Kier molecular flexibility index (Phi) is 5.01. The monoisotopic (exact) mass is 283 g/mol. The molecule has 3 amide bonds. The number of hydrogen-bond acceptors (Lipinski definition) is 3. The number of rotatable bonds is 5. The molecule has 1 unspecified atom stereocenters. The molecule has 8 heteroatoms. The van der Waals surface area contributed by atoms with Crippen LogP contribution in [0.15, 0.2) is 18.2 Å². The number of carboxylic acid groups (broad SMARTS) is 1. The molecule has 1 atom stereocenters. The smallest absolute Gasteiger partial charge is 0.338 e. The van der Waals surface area contributed by atoms with Gasteiger partial charge in [-0.05, 0) is 25.1 Å². The molecule has 7 nitrogen and oxygen atoms in total. The van der Waals surface area contributed by atoms with Gasteiger partial charge in [0, 0.05) is 18.2 Å². The third kappa shape index (κ3) is 4.56. The highest BCUT2D eigenvalue weighted by atomic mass is 19.1. The van der Waals surface area contributed by atoms with Crippen molar-refractivity contribution in [3.63, 3.8) is 0 Å². The fraction of sp³-hybridized carbons (Fsp3) is 0.250. The van der Waals surface area contributed by atoms with Gasteiger partial charge in [-0.15, -0.1) is 0 Å². The summed E-state index contributed by atoms with van der Waals surface area (Å²) in [5, 5.41) is 13.5. The van der Waals surface area contributed by atoms with Crippen molar-refractivity contribution in [2.24, 2.45) is 5.73 Å². The lowest BCUT2D eigenvalue weighted by atomic mass is 10.2. The highest BCUT2D eigenvalue weighted by Crippen LogP contribution is 2.14. The molecule has 0 saturated carbocycles. The minimum Gasteiger partial charge on any atom is -0.478 e. The summed E-state index contributed by atoms with van der Waals surface area (Å²) in [6.45, 7) is 1.58. The van der Waals surface area contributed by atoms with Crippen molar-refractivity contribution in [2.45, 2.75) is 19.4 Å². The first kappa shape index (κ1) is 15.4. The molecule has 1 aromatic carbocycles. The molecule has 0 bridgehead atoms. The van der Waals surface area contributed by atoms with Crippen LogP contribution < -0.4 is 16.4 Å². The first-order valence-electron chi connectivity index (χ1n) is 5.68. The number of amides is 3. The van der Waals surface area contributed by atoms with Crippen molar-refractivity contribution in [3.05, 3.63) is 29.6 Å². The number of nitrogens with one attached hydrogen (secondary N) is 2. The van der Waals surface area contributed by atoms with Crippen molar-refractivity contribution in [1.29, 1.82) is 0 Å². The Labute approximate surface area is 114 Å². The molecule has 5 N–H and O–H groups in total. The number of anilines is 1. The summed E-state index contributed by atoms with van der Waals surface area (Å²) in [7, 11) is 0. The highest BCUT2D eigenvalue weighted by Gasteiger charge is 2.13. The molecule has 1 rings (SSSR count). The van der Waals surface area contributed by atoms with Crippen LogP contribution in [0.5, 0.6) is 0 Å². The number of urea groups is 1. The molecule has 1 aromatic rings. The van der Waals surface area contributed by atoms with Gasteiger partial charge in [-0.1, -0.05) is 0 Å². The van der Waals surface area contributed by atoms with Gasteiger partial charge in [0.2, 0.25) is 5.91 Å². The summed E-state index contributed by atoms with van der Waals surface area (Å²) < 4.78 is 13.2. The second-order valence-electron chi connectivity index (χ2n) is 4.17. The van der Waals surface area contributed by atoms with Crippen LogP contribution in [-0.4, -0.2) is 29.1 Å². The number of carbonyl (C=O) groups is 3. The van der Waals surface area contributed by atoms with Crippen LogP contribution in [0.4, 0.5) is 14.9 Å². The molecular weight excluding hydrogens is 269 g/mol. The summed E-state index contributed by atoms with van der Waals surface area (Å²) in [5.74, 6) is -2.90. The second kappa shape index (κ2) is 6.50. The quantitative estimate of drug-likeness (QED) is 0.641. The zero-order valence-corrected chi connectivity index (χ0v) is 10.6. The van der Waals surface area contributed by atoms with Gasteiger partial charge in [-0.3, -0.25) is 4.79 Å². The Morgan fingerprint density at radius 1 is 1.40 bits per heavy atom. The summed E-state index contributed by atoms with van der Waals surface area (Å²) in [6, 6.07) is 2.02. The fourth-order valence-electron chi connectivity index (χ4n) is 1.51. The average Bonchev–Trinajstić information content (AvgIpc) is 2.29. The van der Waals surface area contributed by atoms with E-state index < -0.39 is 35.3 Å². The lowest BCUT2D eigenvalue weighted by molar-refractivity contribution is -0.118. The molecule has 0 fully saturated rings. The molecule has 0 aliphatic rings. The number of hydrogen-bond donors (Lipinski definition) is 4. The van der Waals surface area contributed by atoms with E-state index in [1.54, 1.807) is 6.92 Å². The summed E-state index contributed by atoms with van der Waals surface area (Å²) in [6.07, 6.45) is -0.0305. The number of benzene rings is 1. The first-order valence-corrected chi connectivity index (χ1v) is 5.68. The number of nitrogens with two attached hydrogens (primary N) is 1. The zero-order chi connectivity index (χ0) is 15.3. The fourth-order valence-corrected chi connectivity index (χ4v) is 1.51. The molecule has 0 radical (unpaired) electrons. The Morgan fingerprint density at radius 3 is 2.60 bits per heavy atom.